The number of rotatable bonds is 6. The van der Waals surface area contributed by atoms with Gasteiger partial charge in [-0.3, -0.25) is 10.1 Å². The fraction of sp³-hybridized carbons (Fsp3) is 0.167. The Morgan fingerprint density at radius 3 is 2.56 bits per heavy atom. The van der Waals surface area contributed by atoms with Gasteiger partial charge >= 0.3 is 19.1 Å². The van der Waals surface area contributed by atoms with E-state index in [1.54, 1.807) is 12.1 Å². The van der Waals surface area contributed by atoms with Crippen molar-refractivity contribution >= 4 is 63.8 Å². The summed E-state index contributed by atoms with van der Waals surface area (Å²) in [6.07, 6.45) is 0.0968. The van der Waals surface area contributed by atoms with Gasteiger partial charge in [-0.15, -0.1) is 22.7 Å². The second-order valence-corrected chi connectivity index (χ2v) is 8.92. The van der Waals surface area contributed by atoms with E-state index in [1.807, 2.05) is 0 Å². The zero-order valence-electron chi connectivity index (χ0n) is 17.2. The first kappa shape index (κ1) is 23.3. The van der Waals surface area contributed by atoms with Crippen molar-refractivity contribution in [2.75, 3.05) is 16.8 Å². The van der Waals surface area contributed by atoms with Crippen LogP contribution in [0.4, 0.5) is 20.9 Å². The van der Waals surface area contributed by atoms with Crippen LogP contribution >= 0.6 is 22.7 Å². The monoisotopic (exact) mass is 503 g/mol. The van der Waals surface area contributed by atoms with Gasteiger partial charge in [-0.05, 0) is 18.1 Å². The molecule has 16 heteroatoms. The lowest BCUT2D eigenvalue weighted by Gasteiger charge is -2.30. The fourth-order valence-electron chi connectivity index (χ4n) is 3.32. The fourth-order valence-corrected chi connectivity index (χ4v) is 4.40. The highest BCUT2D eigenvalue weighted by atomic mass is 32.1. The molecule has 1 aliphatic rings. The summed E-state index contributed by atoms with van der Waals surface area (Å²) < 4.78 is 5.40. The Bertz CT molecular complexity index is 1250. The minimum atomic E-state index is -1.52. The summed E-state index contributed by atoms with van der Waals surface area (Å²) in [5.74, 6) is -2.57. The second-order valence-electron chi connectivity index (χ2n) is 7.14. The SMILES string of the molecule is Nc1nc(NC(=O)NC(C(=O)N[C@H]2Cc3cccc(C(=O)O)c3OB2O)c2csc(N)n2)cs1. The molecule has 13 nitrogen and oxygen atoms in total. The van der Waals surface area contributed by atoms with Crippen molar-refractivity contribution in [2.45, 2.75) is 18.4 Å². The summed E-state index contributed by atoms with van der Waals surface area (Å²) in [4.78, 5) is 45.0. The molecule has 3 amide bonds. The zero-order chi connectivity index (χ0) is 24.4. The number of nitrogen functional groups attached to an aromatic ring is 2. The first-order valence-corrected chi connectivity index (χ1v) is 11.5. The third-order valence-electron chi connectivity index (χ3n) is 4.81. The van der Waals surface area contributed by atoms with E-state index in [0.29, 0.717) is 5.56 Å². The maximum atomic E-state index is 13.1. The normalized spacial score (nSPS) is 15.6. The third kappa shape index (κ3) is 5.03. The van der Waals surface area contributed by atoms with Gasteiger partial charge in [-0.2, -0.15) is 0 Å². The highest BCUT2D eigenvalue weighted by molar-refractivity contribution is 7.14. The molecule has 3 aromatic rings. The topological polar surface area (TPSA) is 215 Å². The van der Waals surface area contributed by atoms with Gasteiger partial charge in [0, 0.05) is 10.8 Å². The number of amides is 3. The second kappa shape index (κ2) is 9.54. The van der Waals surface area contributed by atoms with E-state index >= 15 is 0 Å². The number of aromatic carboxylic acids is 1. The summed E-state index contributed by atoms with van der Waals surface area (Å²) >= 11 is 2.22. The standard InChI is InChI=1S/C18H18BN7O6S2/c20-16-22-9(5-33-16)12(26-18(30)25-11-6-34-17(21)24-11)14(27)23-10-4-7-2-1-3-8(15(28)29)13(7)32-19(10)31/h1-3,5-6,10,12,31H,4H2,(H2,20,22)(H2,21,24)(H,23,27)(H,28,29)(H2,25,26,30)/t10-,12?/m0/s1. The maximum absolute atomic E-state index is 13.1. The third-order valence-corrected chi connectivity index (χ3v) is 6.18. The molecule has 3 heterocycles. The number of carbonyl (C=O) groups excluding carboxylic acids is 2. The molecule has 1 aromatic carbocycles. The van der Waals surface area contributed by atoms with Crippen molar-refractivity contribution in [3.05, 3.63) is 45.8 Å². The van der Waals surface area contributed by atoms with Gasteiger partial charge in [-0.25, -0.2) is 19.6 Å². The molecular weight excluding hydrogens is 485 g/mol. The smallest absolute Gasteiger partial charge is 0.534 e. The highest BCUT2D eigenvalue weighted by Gasteiger charge is 2.39. The highest BCUT2D eigenvalue weighted by Crippen LogP contribution is 2.30. The average Bonchev–Trinajstić information content (AvgIpc) is 3.39. The lowest BCUT2D eigenvalue weighted by Crippen LogP contribution is -2.55. The number of nitrogens with zero attached hydrogens (tertiary/aromatic N) is 2. The predicted molar refractivity (Wildman–Crippen MR) is 126 cm³/mol. The van der Waals surface area contributed by atoms with Crippen LogP contribution in [-0.4, -0.2) is 51.1 Å². The molecule has 34 heavy (non-hydrogen) atoms. The molecule has 2 atom stereocenters. The van der Waals surface area contributed by atoms with E-state index in [4.69, 9.17) is 16.1 Å². The number of urea groups is 1. The van der Waals surface area contributed by atoms with Crippen molar-refractivity contribution in [2.24, 2.45) is 0 Å². The molecule has 4 rings (SSSR count). The lowest BCUT2D eigenvalue weighted by molar-refractivity contribution is -0.123. The number of aromatic nitrogens is 2. The summed E-state index contributed by atoms with van der Waals surface area (Å²) in [6, 6.07) is 2.53. The van der Waals surface area contributed by atoms with Crippen LogP contribution in [-0.2, 0) is 11.2 Å². The van der Waals surface area contributed by atoms with Crippen LogP contribution in [0.1, 0.15) is 27.7 Å². The molecule has 176 valence electrons. The summed E-state index contributed by atoms with van der Waals surface area (Å²) in [5, 5.41) is 30.8. The Balaban J connectivity index is 1.51. The maximum Gasteiger partial charge on any atom is 0.547 e. The number of hydrogen-bond donors (Lipinski definition) is 7. The number of para-hydroxylation sites is 1. The van der Waals surface area contributed by atoms with E-state index < -0.39 is 37.0 Å². The summed E-state index contributed by atoms with van der Waals surface area (Å²) in [6.45, 7) is 0. The van der Waals surface area contributed by atoms with Crippen LogP contribution in [0.2, 0.25) is 0 Å². The van der Waals surface area contributed by atoms with Crippen LogP contribution in [0.3, 0.4) is 0 Å². The molecule has 9 N–H and O–H groups in total. The van der Waals surface area contributed by atoms with Crippen LogP contribution in [0.25, 0.3) is 0 Å². The van der Waals surface area contributed by atoms with Crippen molar-refractivity contribution in [3.8, 4) is 5.75 Å². The summed E-state index contributed by atoms with van der Waals surface area (Å²) in [7, 11) is -1.52. The number of carbonyl (C=O) groups is 3. The van der Waals surface area contributed by atoms with Gasteiger partial charge in [0.1, 0.15) is 11.6 Å². The number of fused-ring (bicyclic) bond motifs is 1. The van der Waals surface area contributed by atoms with Crippen molar-refractivity contribution in [1.82, 2.24) is 20.6 Å². The number of anilines is 3. The minimum Gasteiger partial charge on any atom is -0.534 e. The van der Waals surface area contributed by atoms with E-state index in [-0.39, 0.29) is 39.5 Å². The molecule has 0 fully saturated rings. The largest absolute Gasteiger partial charge is 0.547 e. The molecule has 0 saturated carbocycles. The van der Waals surface area contributed by atoms with Crippen LogP contribution in [0.5, 0.6) is 5.75 Å². The number of nitrogens with two attached hydrogens (primary N) is 2. The van der Waals surface area contributed by atoms with Gasteiger partial charge in [0.25, 0.3) is 0 Å². The van der Waals surface area contributed by atoms with E-state index in [1.165, 1.54) is 16.8 Å². The lowest BCUT2D eigenvalue weighted by atomic mass is 9.72. The molecule has 2 aromatic heterocycles. The minimum absolute atomic E-state index is 0.0388. The molecule has 0 bridgehead atoms. The number of nitrogens with one attached hydrogen (secondary N) is 3. The Kier molecular flexibility index (Phi) is 6.53. The Morgan fingerprint density at radius 2 is 1.91 bits per heavy atom. The molecule has 1 unspecified atom stereocenters. The number of benzene rings is 1. The van der Waals surface area contributed by atoms with Gasteiger partial charge < -0.3 is 36.9 Å². The van der Waals surface area contributed by atoms with Crippen molar-refractivity contribution < 1.29 is 29.2 Å². The van der Waals surface area contributed by atoms with Gasteiger partial charge in [0.05, 0.1) is 17.2 Å². The molecule has 0 radical (unpaired) electrons. The number of carboxylic acids is 1. The van der Waals surface area contributed by atoms with E-state index in [9.17, 15) is 24.5 Å². The molecule has 0 aliphatic carbocycles. The van der Waals surface area contributed by atoms with E-state index in [2.05, 4.69) is 25.9 Å². The van der Waals surface area contributed by atoms with Crippen molar-refractivity contribution in [3.63, 3.8) is 0 Å². The van der Waals surface area contributed by atoms with Crippen molar-refractivity contribution in [1.29, 1.82) is 0 Å². The molecule has 0 spiro atoms. The van der Waals surface area contributed by atoms with Gasteiger partial charge in [0.15, 0.2) is 16.3 Å². The number of hydrogen-bond acceptors (Lipinski definition) is 11. The Labute approximate surface area is 200 Å². The van der Waals surface area contributed by atoms with E-state index in [0.717, 1.165) is 22.7 Å². The Hall–Kier alpha value is -3.89. The van der Waals surface area contributed by atoms with Gasteiger partial charge in [-0.1, -0.05) is 12.1 Å². The number of thiazole rings is 2. The molecule has 0 saturated heterocycles. The predicted octanol–water partition coefficient (Wildman–Crippen LogP) is 0.465. The molecule has 1 aliphatic heterocycles. The summed E-state index contributed by atoms with van der Waals surface area (Å²) in [5.41, 5.74) is 11.8. The average molecular weight is 503 g/mol. The number of carboxylic acid groups (broad SMARTS) is 1. The zero-order valence-corrected chi connectivity index (χ0v) is 18.9. The quantitative estimate of drug-likeness (QED) is 0.231. The van der Waals surface area contributed by atoms with Crippen LogP contribution in [0.15, 0.2) is 29.0 Å². The first-order chi connectivity index (χ1) is 16.2. The Morgan fingerprint density at radius 1 is 1.18 bits per heavy atom. The molecular formula is C18H18BN7O6S2. The van der Waals surface area contributed by atoms with Crippen LogP contribution in [0, 0.1) is 0 Å². The first-order valence-electron chi connectivity index (χ1n) is 9.71. The van der Waals surface area contributed by atoms with Crippen LogP contribution < -0.4 is 32.1 Å². The van der Waals surface area contributed by atoms with Gasteiger partial charge in [0.2, 0.25) is 5.91 Å².